The van der Waals surface area contributed by atoms with Crippen molar-refractivity contribution in [3.63, 3.8) is 0 Å². The van der Waals surface area contributed by atoms with E-state index in [-0.39, 0.29) is 0 Å². The summed E-state index contributed by atoms with van der Waals surface area (Å²) in [6.07, 6.45) is 0. The maximum absolute atomic E-state index is 8.38. The number of benzene rings is 4. The summed E-state index contributed by atoms with van der Waals surface area (Å²) in [5.74, 6) is 0. The zero-order valence-corrected chi connectivity index (χ0v) is 25.0. The molecule has 36 heavy (non-hydrogen) atoms. The van der Waals surface area contributed by atoms with Crippen LogP contribution in [0, 0.1) is 0 Å². The molecule has 0 spiro atoms. The highest BCUT2D eigenvalue weighted by atomic mass is 35.6. The first-order chi connectivity index (χ1) is 17.3. The third-order valence-electron chi connectivity index (χ3n) is 6.57. The van der Waals surface area contributed by atoms with Gasteiger partial charge >= 0.3 is 0 Å². The highest BCUT2D eigenvalue weighted by Crippen LogP contribution is 2.30. The van der Waals surface area contributed by atoms with E-state index >= 15 is 0 Å². The molecule has 0 heterocycles. The Balaban J connectivity index is 2.15. The standard InChI is InChI=1S/C30H34Cl2N2Si2/c1-33(2)23-25-15-11-13-21-29(25)36(32,30-22-14-12-16-26(30)24-34(3)4)35(31,27-17-7-5-8-18-27)28-19-9-6-10-20-28/h5-22H,23-24H2,1-4H3. The summed E-state index contributed by atoms with van der Waals surface area (Å²) in [7, 11) is 8.42. The summed E-state index contributed by atoms with van der Waals surface area (Å²) < 4.78 is 0. The molecule has 0 fully saturated rings. The second-order valence-corrected chi connectivity index (χ2v) is 24.5. The number of nitrogens with zero attached hydrogens (tertiary/aromatic N) is 2. The molecule has 186 valence electrons. The largest absolute Gasteiger partial charge is 0.305 e. The number of hydrogen-bond acceptors (Lipinski definition) is 2. The monoisotopic (exact) mass is 548 g/mol. The van der Waals surface area contributed by atoms with Crippen LogP contribution in [0.1, 0.15) is 11.1 Å². The Hall–Kier alpha value is -2.19. The fraction of sp³-hybridized carbons (Fsp3) is 0.200. The molecule has 2 nitrogen and oxygen atoms in total. The Morgan fingerprint density at radius 2 is 0.806 bits per heavy atom. The Morgan fingerprint density at radius 3 is 1.17 bits per heavy atom. The minimum atomic E-state index is -3.14. The highest BCUT2D eigenvalue weighted by molar-refractivity contribution is 7.84. The molecular weight excluding hydrogens is 515 g/mol. The van der Waals surface area contributed by atoms with Crippen LogP contribution in [0.3, 0.4) is 0 Å². The van der Waals surface area contributed by atoms with Gasteiger partial charge in [0, 0.05) is 13.1 Å². The second-order valence-electron chi connectivity index (χ2n) is 9.84. The highest BCUT2D eigenvalue weighted by Gasteiger charge is 2.60. The minimum absolute atomic E-state index is 0.804. The van der Waals surface area contributed by atoms with Crippen molar-refractivity contribution in [2.24, 2.45) is 0 Å². The summed E-state index contributed by atoms with van der Waals surface area (Å²) in [4.78, 5) is 4.41. The summed E-state index contributed by atoms with van der Waals surface area (Å²) in [5, 5.41) is 4.72. The van der Waals surface area contributed by atoms with Gasteiger partial charge in [-0.05, 0) is 60.1 Å². The van der Waals surface area contributed by atoms with E-state index in [4.69, 9.17) is 22.2 Å². The fourth-order valence-electron chi connectivity index (χ4n) is 5.09. The van der Waals surface area contributed by atoms with Crippen molar-refractivity contribution in [1.82, 2.24) is 9.80 Å². The van der Waals surface area contributed by atoms with Crippen LogP contribution in [-0.2, 0) is 13.1 Å². The molecule has 0 amide bonds. The summed E-state index contributed by atoms with van der Waals surface area (Å²) in [6, 6.07) is 38.6. The molecule has 0 saturated carbocycles. The Kier molecular flexibility index (Phi) is 8.56. The van der Waals surface area contributed by atoms with Crippen LogP contribution in [0.4, 0.5) is 0 Å². The summed E-state index contributed by atoms with van der Waals surface area (Å²) in [6.45, 7) is -4.59. The number of rotatable bonds is 9. The topological polar surface area (TPSA) is 6.48 Å². The zero-order chi connectivity index (χ0) is 25.8. The normalized spacial score (nSPS) is 12.3. The first-order valence-corrected chi connectivity index (χ1v) is 19.3. The van der Waals surface area contributed by atoms with Crippen molar-refractivity contribution < 1.29 is 0 Å². The molecule has 0 aliphatic rings. The van der Waals surface area contributed by atoms with Crippen LogP contribution in [0.15, 0.2) is 109 Å². The molecule has 0 N–H and O–H groups in total. The molecule has 0 unspecified atom stereocenters. The van der Waals surface area contributed by atoms with E-state index in [0.717, 1.165) is 23.5 Å². The van der Waals surface area contributed by atoms with Gasteiger partial charge in [-0.15, -0.1) is 0 Å². The molecule has 6 heteroatoms. The van der Waals surface area contributed by atoms with Crippen LogP contribution in [0.2, 0.25) is 0 Å². The quantitative estimate of drug-likeness (QED) is 0.228. The van der Waals surface area contributed by atoms with Crippen molar-refractivity contribution in [2.75, 3.05) is 28.2 Å². The summed E-state index contributed by atoms with van der Waals surface area (Å²) >= 11 is 16.6. The van der Waals surface area contributed by atoms with E-state index in [1.807, 2.05) is 0 Å². The first-order valence-electron chi connectivity index (χ1n) is 12.2. The second kappa shape index (κ2) is 11.5. The average Bonchev–Trinajstić information content (AvgIpc) is 2.89. The average molecular weight is 550 g/mol. The molecule has 4 aromatic carbocycles. The van der Waals surface area contributed by atoms with Gasteiger partial charge in [-0.1, -0.05) is 109 Å². The van der Waals surface area contributed by atoms with Crippen molar-refractivity contribution in [2.45, 2.75) is 13.1 Å². The predicted octanol–water partition coefficient (Wildman–Crippen LogP) is 4.19. The van der Waals surface area contributed by atoms with Crippen molar-refractivity contribution in [3.05, 3.63) is 120 Å². The molecule has 0 aliphatic heterocycles. The van der Waals surface area contributed by atoms with Crippen LogP contribution >= 0.6 is 22.2 Å². The van der Waals surface area contributed by atoms with E-state index < -0.39 is 13.8 Å². The van der Waals surface area contributed by atoms with Gasteiger partial charge in [0.05, 0.1) is 0 Å². The van der Waals surface area contributed by atoms with E-state index in [0.29, 0.717) is 0 Å². The van der Waals surface area contributed by atoms with E-state index in [2.05, 4.69) is 147 Å². The molecular formula is C30H34Cl2N2Si2. The van der Waals surface area contributed by atoms with Crippen LogP contribution in [0.5, 0.6) is 0 Å². The lowest BCUT2D eigenvalue weighted by Crippen LogP contribution is -2.81. The molecule has 0 aromatic heterocycles. The lowest BCUT2D eigenvalue weighted by atomic mass is 10.2. The Bertz CT molecular complexity index is 1190. The van der Waals surface area contributed by atoms with Gasteiger partial charge in [0.15, 0.2) is 0 Å². The molecule has 0 radical (unpaired) electrons. The van der Waals surface area contributed by atoms with Gasteiger partial charge in [-0.25, -0.2) is 0 Å². The van der Waals surface area contributed by atoms with Crippen molar-refractivity contribution in [1.29, 1.82) is 0 Å². The molecule has 0 saturated heterocycles. The lowest BCUT2D eigenvalue weighted by Gasteiger charge is -2.42. The maximum atomic E-state index is 8.38. The van der Waals surface area contributed by atoms with E-state index in [1.54, 1.807) is 0 Å². The first kappa shape index (κ1) is 26.9. The molecule has 4 aromatic rings. The van der Waals surface area contributed by atoms with Gasteiger partial charge < -0.3 is 9.80 Å². The van der Waals surface area contributed by atoms with Gasteiger partial charge in [-0.3, -0.25) is 0 Å². The SMILES string of the molecule is CN(C)Cc1ccccc1[Si](Cl)(c1ccccc1CN(C)C)[Si](Cl)(c1ccccc1)c1ccccc1. The third kappa shape index (κ3) is 5.12. The Labute approximate surface area is 227 Å². The van der Waals surface area contributed by atoms with Crippen LogP contribution in [-0.4, -0.2) is 51.8 Å². The van der Waals surface area contributed by atoms with Crippen molar-refractivity contribution in [3.8, 4) is 0 Å². The predicted molar refractivity (Wildman–Crippen MR) is 162 cm³/mol. The molecule has 0 bridgehead atoms. The molecule has 0 atom stereocenters. The van der Waals surface area contributed by atoms with Crippen molar-refractivity contribution >= 4 is 56.7 Å². The fourth-order valence-corrected chi connectivity index (χ4v) is 23.1. The minimum Gasteiger partial charge on any atom is -0.305 e. The van der Waals surface area contributed by atoms with Gasteiger partial charge in [0.2, 0.25) is 13.8 Å². The van der Waals surface area contributed by atoms with Gasteiger partial charge in [-0.2, -0.15) is 22.2 Å². The summed E-state index contributed by atoms with van der Waals surface area (Å²) in [5.41, 5.74) is 2.49. The van der Waals surface area contributed by atoms with Crippen LogP contribution in [0.25, 0.3) is 0 Å². The maximum Gasteiger partial charge on any atom is 0.234 e. The number of hydrogen-bond donors (Lipinski definition) is 0. The molecule has 4 rings (SSSR count). The Morgan fingerprint density at radius 1 is 0.472 bits per heavy atom. The van der Waals surface area contributed by atoms with Gasteiger partial charge in [0.25, 0.3) is 0 Å². The van der Waals surface area contributed by atoms with E-state index in [9.17, 15) is 0 Å². The third-order valence-corrected chi connectivity index (χ3v) is 26.9. The van der Waals surface area contributed by atoms with Crippen LogP contribution < -0.4 is 20.7 Å². The smallest absolute Gasteiger partial charge is 0.234 e. The van der Waals surface area contributed by atoms with Gasteiger partial charge in [0.1, 0.15) is 0 Å². The molecule has 0 aliphatic carbocycles. The lowest BCUT2D eigenvalue weighted by molar-refractivity contribution is 0.403. The van der Waals surface area contributed by atoms with E-state index in [1.165, 1.54) is 21.5 Å². The number of halogens is 2. The zero-order valence-electron chi connectivity index (χ0n) is 21.5.